The van der Waals surface area contributed by atoms with Gasteiger partial charge in [-0.2, -0.15) is 0 Å². The summed E-state index contributed by atoms with van der Waals surface area (Å²) >= 11 is 0. The highest BCUT2D eigenvalue weighted by molar-refractivity contribution is 6.09. The third kappa shape index (κ3) is 3.73. The lowest BCUT2D eigenvalue weighted by atomic mass is 9.49. The standard InChI is InChI=1S/C25H25FO3/c26-21-5-1-19(2-6-21)24(28)20-3-7-22(8-4-20)29-23(27)15-25-12-16-9-17(13-25)11-18(10-16)14-25/h1-8,16-18H,9-15H2. The van der Waals surface area contributed by atoms with Crippen LogP contribution in [-0.4, -0.2) is 11.8 Å². The van der Waals surface area contributed by atoms with Crippen LogP contribution in [0.3, 0.4) is 0 Å². The van der Waals surface area contributed by atoms with E-state index in [4.69, 9.17) is 4.74 Å². The number of rotatable bonds is 5. The summed E-state index contributed by atoms with van der Waals surface area (Å²) in [5.74, 6) is 2.18. The van der Waals surface area contributed by atoms with Crippen molar-refractivity contribution in [2.75, 3.05) is 0 Å². The summed E-state index contributed by atoms with van der Waals surface area (Å²) in [5, 5.41) is 0. The minimum atomic E-state index is -0.372. The average Bonchev–Trinajstić information content (AvgIpc) is 2.67. The van der Waals surface area contributed by atoms with E-state index in [9.17, 15) is 14.0 Å². The van der Waals surface area contributed by atoms with Crippen LogP contribution in [0.5, 0.6) is 5.75 Å². The number of hydrogen-bond donors (Lipinski definition) is 0. The molecule has 4 fully saturated rings. The molecule has 29 heavy (non-hydrogen) atoms. The van der Waals surface area contributed by atoms with Crippen molar-refractivity contribution in [1.29, 1.82) is 0 Å². The van der Waals surface area contributed by atoms with Crippen LogP contribution in [-0.2, 0) is 4.79 Å². The fourth-order valence-electron chi connectivity index (χ4n) is 6.42. The lowest BCUT2D eigenvalue weighted by Gasteiger charge is -2.56. The molecule has 4 heteroatoms. The lowest BCUT2D eigenvalue weighted by Crippen LogP contribution is -2.47. The number of ether oxygens (including phenoxy) is 1. The fraction of sp³-hybridized carbons (Fsp3) is 0.440. The van der Waals surface area contributed by atoms with Crippen LogP contribution in [0, 0.1) is 29.0 Å². The Labute approximate surface area is 170 Å². The second-order valence-corrected chi connectivity index (χ2v) is 9.43. The van der Waals surface area contributed by atoms with E-state index in [2.05, 4.69) is 0 Å². The summed E-state index contributed by atoms with van der Waals surface area (Å²) in [6, 6.07) is 12.1. The molecule has 0 unspecified atom stereocenters. The van der Waals surface area contributed by atoms with Crippen LogP contribution in [0.4, 0.5) is 4.39 Å². The predicted octanol–water partition coefficient (Wildman–Crippen LogP) is 5.57. The number of hydrogen-bond acceptors (Lipinski definition) is 3. The predicted molar refractivity (Wildman–Crippen MR) is 107 cm³/mol. The number of benzene rings is 2. The zero-order valence-corrected chi connectivity index (χ0v) is 16.4. The van der Waals surface area contributed by atoms with Crippen molar-refractivity contribution >= 4 is 11.8 Å². The molecular formula is C25H25FO3. The van der Waals surface area contributed by atoms with Gasteiger partial charge in [0.25, 0.3) is 0 Å². The van der Waals surface area contributed by atoms with Crippen molar-refractivity contribution in [2.45, 2.75) is 44.9 Å². The van der Waals surface area contributed by atoms with Crippen LogP contribution in [0.25, 0.3) is 0 Å². The SMILES string of the molecule is O=C(CC12CC3CC(CC(C3)C1)C2)Oc1ccc(C(=O)c2ccc(F)cc2)cc1. The first kappa shape index (κ1) is 18.5. The number of carbonyl (C=O) groups excluding carboxylic acids is 2. The monoisotopic (exact) mass is 392 g/mol. The third-order valence-electron chi connectivity index (χ3n) is 7.14. The van der Waals surface area contributed by atoms with Crippen molar-refractivity contribution in [3.63, 3.8) is 0 Å². The second kappa shape index (κ2) is 7.08. The third-order valence-corrected chi connectivity index (χ3v) is 7.14. The molecule has 4 bridgehead atoms. The summed E-state index contributed by atoms with van der Waals surface area (Å²) in [6.07, 6.45) is 8.12. The molecule has 0 aliphatic heterocycles. The number of ketones is 1. The summed E-state index contributed by atoms with van der Waals surface area (Å²) in [4.78, 5) is 25.1. The summed E-state index contributed by atoms with van der Waals surface area (Å²) in [5.41, 5.74) is 1.07. The lowest BCUT2D eigenvalue weighted by molar-refractivity contribution is -0.142. The Bertz CT molecular complexity index is 894. The van der Waals surface area contributed by atoms with Gasteiger partial charge in [0.05, 0.1) is 6.42 Å². The molecule has 0 N–H and O–H groups in total. The van der Waals surface area contributed by atoms with E-state index in [1.165, 1.54) is 62.8 Å². The van der Waals surface area contributed by atoms with Gasteiger partial charge in [-0.25, -0.2) is 4.39 Å². The molecule has 0 atom stereocenters. The zero-order chi connectivity index (χ0) is 20.0. The molecule has 150 valence electrons. The van der Waals surface area contributed by atoms with E-state index in [-0.39, 0.29) is 23.0 Å². The molecule has 4 aliphatic rings. The Morgan fingerprint density at radius 2 is 1.31 bits per heavy atom. The van der Waals surface area contributed by atoms with E-state index >= 15 is 0 Å². The van der Waals surface area contributed by atoms with Crippen LogP contribution in [0.2, 0.25) is 0 Å². The van der Waals surface area contributed by atoms with Crippen molar-refractivity contribution < 1.29 is 18.7 Å². The van der Waals surface area contributed by atoms with Gasteiger partial charge in [0.1, 0.15) is 11.6 Å². The Balaban J connectivity index is 1.22. The van der Waals surface area contributed by atoms with Crippen LogP contribution >= 0.6 is 0 Å². The van der Waals surface area contributed by atoms with E-state index in [1.54, 1.807) is 24.3 Å². The molecule has 2 aromatic carbocycles. The van der Waals surface area contributed by atoms with Gasteiger partial charge in [0, 0.05) is 11.1 Å². The molecular weight excluding hydrogens is 367 g/mol. The second-order valence-electron chi connectivity index (χ2n) is 9.43. The molecule has 0 aromatic heterocycles. The molecule has 6 rings (SSSR count). The van der Waals surface area contributed by atoms with Gasteiger partial charge in [0.2, 0.25) is 0 Å². The van der Waals surface area contributed by atoms with Gasteiger partial charge in [-0.05, 0) is 110 Å². The van der Waals surface area contributed by atoms with Gasteiger partial charge in [0.15, 0.2) is 5.78 Å². The van der Waals surface area contributed by atoms with Crippen molar-refractivity contribution in [3.8, 4) is 5.75 Å². The Morgan fingerprint density at radius 3 is 1.83 bits per heavy atom. The van der Waals surface area contributed by atoms with Gasteiger partial charge < -0.3 is 4.74 Å². The molecule has 0 saturated heterocycles. The maximum atomic E-state index is 13.0. The molecule has 4 saturated carbocycles. The maximum Gasteiger partial charge on any atom is 0.311 e. The van der Waals surface area contributed by atoms with E-state index in [0.29, 0.717) is 23.3 Å². The summed E-state index contributed by atoms with van der Waals surface area (Å²) in [7, 11) is 0. The molecule has 2 aromatic rings. The molecule has 4 aliphatic carbocycles. The Kier molecular flexibility index (Phi) is 4.53. The molecule has 0 radical (unpaired) electrons. The number of esters is 1. The quantitative estimate of drug-likeness (QED) is 0.380. The number of halogens is 1. The van der Waals surface area contributed by atoms with Gasteiger partial charge >= 0.3 is 5.97 Å². The van der Waals surface area contributed by atoms with E-state index in [0.717, 1.165) is 17.8 Å². The smallest absolute Gasteiger partial charge is 0.311 e. The highest BCUT2D eigenvalue weighted by Gasteiger charge is 2.51. The maximum absolute atomic E-state index is 13.0. The average molecular weight is 392 g/mol. The minimum absolute atomic E-state index is 0.157. The first-order chi connectivity index (χ1) is 14.0. The molecule has 3 nitrogen and oxygen atoms in total. The van der Waals surface area contributed by atoms with E-state index < -0.39 is 0 Å². The zero-order valence-electron chi connectivity index (χ0n) is 16.4. The molecule has 0 amide bonds. The van der Waals surface area contributed by atoms with Crippen molar-refractivity contribution in [2.24, 2.45) is 23.2 Å². The highest BCUT2D eigenvalue weighted by atomic mass is 19.1. The van der Waals surface area contributed by atoms with Gasteiger partial charge in [-0.3, -0.25) is 9.59 Å². The largest absolute Gasteiger partial charge is 0.427 e. The minimum Gasteiger partial charge on any atom is -0.427 e. The highest BCUT2D eigenvalue weighted by Crippen LogP contribution is 2.61. The van der Waals surface area contributed by atoms with E-state index in [1.807, 2.05) is 0 Å². The van der Waals surface area contributed by atoms with Crippen LogP contribution in [0.15, 0.2) is 48.5 Å². The van der Waals surface area contributed by atoms with Crippen molar-refractivity contribution in [3.05, 3.63) is 65.5 Å². The first-order valence-corrected chi connectivity index (χ1v) is 10.6. The molecule has 0 heterocycles. The fourth-order valence-corrected chi connectivity index (χ4v) is 6.42. The van der Waals surface area contributed by atoms with Crippen LogP contribution < -0.4 is 4.74 Å². The topological polar surface area (TPSA) is 43.4 Å². The van der Waals surface area contributed by atoms with Gasteiger partial charge in [-0.1, -0.05) is 0 Å². The summed E-state index contributed by atoms with van der Waals surface area (Å²) in [6.45, 7) is 0. The number of carbonyl (C=O) groups is 2. The van der Waals surface area contributed by atoms with Crippen molar-refractivity contribution in [1.82, 2.24) is 0 Å². The van der Waals surface area contributed by atoms with Gasteiger partial charge in [-0.15, -0.1) is 0 Å². The normalized spacial score (nSPS) is 29.6. The van der Waals surface area contributed by atoms with Crippen LogP contribution in [0.1, 0.15) is 60.9 Å². The summed E-state index contributed by atoms with van der Waals surface area (Å²) < 4.78 is 18.6. The Hall–Kier alpha value is -2.49. The Morgan fingerprint density at radius 1 is 0.828 bits per heavy atom. The first-order valence-electron chi connectivity index (χ1n) is 10.6. The molecule has 0 spiro atoms.